The van der Waals surface area contributed by atoms with Crippen LogP contribution in [0.3, 0.4) is 0 Å². The summed E-state index contributed by atoms with van der Waals surface area (Å²) in [5, 5.41) is 8.41. The van der Waals surface area contributed by atoms with Gasteiger partial charge in [0.15, 0.2) is 6.10 Å². The number of hydroxylamine groups is 1. The molecular weight excluding hydrogens is 134 g/mol. The van der Waals surface area contributed by atoms with Gasteiger partial charge in [0, 0.05) is 6.04 Å². The molecule has 1 aliphatic heterocycles. The fraction of sp³-hybridized carbons (Fsp3) is 0.500. The molecule has 1 rings (SSSR count). The number of hydrogen-bond donors (Lipinski definition) is 2. The third-order valence-electron chi connectivity index (χ3n) is 1.20. The smallest absolute Gasteiger partial charge is 0.339 e. The van der Waals surface area contributed by atoms with E-state index < -0.39 is 12.1 Å². The maximum absolute atomic E-state index is 10.2. The summed E-state index contributed by atoms with van der Waals surface area (Å²) in [5.41, 5.74) is 2.55. The van der Waals surface area contributed by atoms with Gasteiger partial charge in [-0.1, -0.05) is 6.08 Å². The first-order chi connectivity index (χ1) is 4.70. The van der Waals surface area contributed by atoms with Crippen LogP contribution >= 0.6 is 0 Å². The highest BCUT2D eigenvalue weighted by Crippen LogP contribution is 2.01. The Balaban J connectivity index is 2.53. The predicted octanol–water partition coefficient (Wildman–Crippen LogP) is -0.0809. The van der Waals surface area contributed by atoms with Crippen LogP contribution < -0.4 is 5.48 Å². The van der Waals surface area contributed by atoms with E-state index in [2.05, 4.69) is 5.48 Å². The molecule has 2 N–H and O–H groups in total. The molecule has 0 fully saturated rings. The summed E-state index contributed by atoms with van der Waals surface area (Å²) in [7, 11) is 0. The maximum atomic E-state index is 10.2. The number of carboxylic acid groups (broad SMARTS) is 1. The molecule has 0 amide bonds. The number of aliphatic carboxylic acids is 1. The van der Waals surface area contributed by atoms with E-state index in [1.807, 2.05) is 6.92 Å². The first-order valence-electron chi connectivity index (χ1n) is 3.02. The largest absolute Gasteiger partial charge is 0.479 e. The summed E-state index contributed by atoms with van der Waals surface area (Å²) < 4.78 is 0. The number of carboxylic acids is 1. The fourth-order valence-electron chi connectivity index (χ4n) is 0.660. The van der Waals surface area contributed by atoms with Crippen LogP contribution in [0.1, 0.15) is 6.92 Å². The Bertz CT molecular complexity index is 166. The van der Waals surface area contributed by atoms with Gasteiger partial charge < -0.3 is 5.11 Å². The number of nitrogens with one attached hydrogen (secondary N) is 1. The Morgan fingerprint density at radius 3 is 2.80 bits per heavy atom. The second kappa shape index (κ2) is 2.81. The topological polar surface area (TPSA) is 58.6 Å². The van der Waals surface area contributed by atoms with E-state index in [1.54, 1.807) is 6.08 Å². The third-order valence-corrected chi connectivity index (χ3v) is 1.20. The summed E-state index contributed by atoms with van der Waals surface area (Å²) in [5.74, 6) is -0.976. The lowest BCUT2D eigenvalue weighted by atomic mass is 10.2. The van der Waals surface area contributed by atoms with Crippen molar-refractivity contribution in [2.75, 3.05) is 0 Å². The summed E-state index contributed by atoms with van der Waals surface area (Å²) >= 11 is 0. The molecule has 4 heteroatoms. The van der Waals surface area contributed by atoms with Gasteiger partial charge in [-0.05, 0) is 13.0 Å². The molecule has 0 aromatic heterocycles. The van der Waals surface area contributed by atoms with Gasteiger partial charge in [-0.25, -0.2) is 4.79 Å². The van der Waals surface area contributed by atoms with E-state index >= 15 is 0 Å². The highest BCUT2D eigenvalue weighted by Gasteiger charge is 2.18. The van der Waals surface area contributed by atoms with Gasteiger partial charge in [-0.2, -0.15) is 5.48 Å². The monoisotopic (exact) mass is 143 g/mol. The number of rotatable bonds is 1. The average Bonchev–Trinajstić information content (AvgIpc) is 1.88. The van der Waals surface area contributed by atoms with Crippen molar-refractivity contribution in [3.05, 3.63) is 12.2 Å². The standard InChI is InChI=1S/C6H9NO3/c1-4-2-3-5(6(8)9)10-7-4/h2-5,7H,1H3,(H,8,9)/t4-,5-/m1/s1. The molecule has 4 nitrogen and oxygen atoms in total. The van der Waals surface area contributed by atoms with Crippen molar-refractivity contribution in [3.63, 3.8) is 0 Å². The first kappa shape index (κ1) is 7.24. The van der Waals surface area contributed by atoms with Crippen LogP contribution in [0.2, 0.25) is 0 Å². The minimum atomic E-state index is -0.976. The minimum absolute atomic E-state index is 0.0931. The van der Waals surface area contributed by atoms with Gasteiger partial charge in [-0.15, -0.1) is 0 Å². The highest BCUT2D eigenvalue weighted by atomic mass is 16.7. The zero-order chi connectivity index (χ0) is 7.56. The maximum Gasteiger partial charge on any atom is 0.339 e. The van der Waals surface area contributed by atoms with E-state index in [0.29, 0.717) is 0 Å². The van der Waals surface area contributed by atoms with Gasteiger partial charge in [0.2, 0.25) is 0 Å². The van der Waals surface area contributed by atoms with Crippen LogP contribution in [0.25, 0.3) is 0 Å². The molecule has 0 saturated heterocycles. The molecule has 56 valence electrons. The summed E-state index contributed by atoms with van der Waals surface area (Å²) in [4.78, 5) is 15.0. The SMILES string of the molecule is C[C@@H]1C=C[C@H](C(=O)O)ON1. The first-order valence-corrected chi connectivity index (χ1v) is 3.02. The molecule has 0 radical (unpaired) electrons. The average molecular weight is 143 g/mol. The van der Waals surface area contributed by atoms with Gasteiger partial charge in [0.1, 0.15) is 0 Å². The summed E-state index contributed by atoms with van der Waals surface area (Å²) in [6, 6.07) is 0.0931. The minimum Gasteiger partial charge on any atom is -0.479 e. The Hall–Kier alpha value is -0.870. The molecule has 1 aliphatic rings. The second-order valence-electron chi connectivity index (χ2n) is 2.17. The Morgan fingerprint density at radius 1 is 1.70 bits per heavy atom. The normalized spacial score (nSPS) is 32.1. The van der Waals surface area contributed by atoms with E-state index in [9.17, 15) is 4.79 Å². The van der Waals surface area contributed by atoms with Crippen LogP contribution in [0.5, 0.6) is 0 Å². The molecule has 0 spiro atoms. The molecule has 0 aromatic rings. The Morgan fingerprint density at radius 2 is 2.40 bits per heavy atom. The van der Waals surface area contributed by atoms with Crippen molar-refractivity contribution in [2.24, 2.45) is 0 Å². The van der Waals surface area contributed by atoms with Crippen molar-refractivity contribution in [2.45, 2.75) is 19.1 Å². The zero-order valence-electron chi connectivity index (χ0n) is 5.57. The molecular formula is C6H9NO3. The van der Waals surface area contributed by atoms with Crippen LogP contribution in [-0.4, -0.2) is 23.2 Å². The van der Waals surface area contributed by atoms with Crippen LogP contribution in [0.4, 0.5) is 0 Å². The molecule has 2 atom stereocenters. The van der Waals surface area contributed by atoms with E-state index in [-0.39, 0.29) is 6.04 Å². The highest BCUT2D eigenvalue weighted by molar-refractivity contribution is 5.74. The lowest BCUT2D eigenvalue weighted by molar-refractivity contribution is -0.153. The van der Waals surface area contributed by atoms with Gasteiger partial charge in [-0.3, -0.25) is 4.84 Å². The van der Waals surface area contributed by atoms with E-state index in [1.165, 1.54) is 6.08 Å². The van der Waals surface area contributed by atoms with Crippen molar-refractivity contribution in [1.29, 1.82) is 0 Å². The van der Waals surface area contributed by atoms with Crippen LogP contribution in [0.15, 0.2) is 12.2 Å². The van der Waals surface area contributed by atoms with Gasteiger partial charge in [0.25, 0.3) is 0 Å². The Labute approximate surface area is 58.4 Å². The Kier molecular flexibility index (Phi) is 2.03. The van der Waals surface area contributed by atoms with Crippen molar-refractivity contribution >= 4 is 5.97 Å². The molecule has 10 heavy (non-hydrogen) atoms. The third kappa shape index (κ3) is 1.55. The fourth-order valence-corrected chi connectivity index (χ4v) is 0.660. The summed E-state index contributed by atoms with van der Waals surface area (Å²) in [6.45, 7) is 1.87. The van der Waals surface area contributed by atoms with E-state index in [0.717, 1.165) is 0 Å². The second-order valence-corrected chi connectivity index (χ2v) is 2.17. The van der Waals surface area contributed by atoms with Crippen molar-refractivity contribution in [1.82, 2.24) is 5.48 Å². The van der Waals surface area contributed by atoms with Crippen LogP contribution in [-0.2, 0) is 9.63 Å². The quantitative estimate of drug-likeness (QED) is 0.504. The lowest BCUT2D eigenvalue weighted by Crippen LogP contribution is -2.37. The molecule has 0 aliphatic carbocycles. The summed E-state index contributed by atoms with van der Waals surface area (Å²) in [6.07, 6.45) is 2.43. The van der Waals surface area contributed by atoms with Crippen molar-refractivity contribution < 1.29 is 14.7 Å². The molecule has 0 saturated carbocycles. The van der Waals surface area contributed by atoms with E-state index in [4.69, 9.17) is 9.94 Å². The van der Waals surface area contributed by atoms with Gasteiger partial charge >= 0.3 is 5.97 Å². The predicted molar refractivity (Wildman–Crippen MR) is 34.2 cm³/mol. The zero-order valence-corrected chi connectivity index (χ0v) is 5.57. The molecule has 0 bridgehead atoms. The molecule has 1 heterocycles. The van der Waals surface area contributed by atoms with Crippen molar-refractivity contribution in [3.8, 4) is 0 Å². The van der Waals surface area contributed by atoms with Crippen LogP contribution in [0, 0.1) is 0 Å². The van der Waals surface area contributed by atoms with Gasteiger partial charge in [0.05, 0.1) is 0 Å². The number of carbonyl (C=O) groups is 1. The molecule has 0 unspecified atom stereocenters. The lowest BCUT2D eigenvalue weighted by Gasteiger charge is -2.18. The number of hydrogen-bond acceptors (Lipinski definition) is 3. The molecule has 0 aromatic carbocycles.